The van der Waals surface area contributed by atoms with Gasteiger partial charge in [0.15, 0.2) is 5.96 Å². The van der Waals surface area contributed by atoms with E-state index in [1.807, 2.05) is 13.2 Å². The number of hydrogen-bond acceptors (Lipinski definition) is 2. The van der Waals surface area contributed by atoms with Crippen LogP contribution >= 0.6 is 0 Å². The molecule has 0 aliphatic rings. The van der Waals surface area contributed by atoms with Gasteiger partial charge in [0.2, 0.25) is 0 Å². The van der Waals surface area contributed by atoms with E-state index >= 15 is 0 Å². The summed E-state index contributed by atoms with van der Waals surface area (Å²) in [5.74, 6) is 0.436. The third kappa shape index (κ3) is 3.42. The molecular weight excluding hydrogens is 202 g/mol. The van der Waals surface area contributed by atoms with Crippen molar-refractivity contribution in [2.75, 3.05) is 6.54 Å². The summed E-state index contributed by atoms with van der Waals surface area (Å²) in [7, 11) is 1.91. The summed E-state index contributed by atoms with van der Waals surface area (Å²) in [6, 6.07) is 0. The zero-order valence-corrected chi connectivity index (χ0v) is 9.90. The van der Waals surface area contributed by atoms with Gasteiger partial charge in [0.25, 0.3) is 0 Å². The molecule has 1 rings (SSSR count). The van der Waals surface area contributed by atoms with E-state index in [4.69, 9.17) is 5.73 Å². The quantitative estimate of drug-likeness (QED) is 0.434. The fourth-order valence-corrected chi connectivity index (χ4v) is 1.42. The summed E-state index contributed by atoms with van der Waals surface area (Å²) in [5, 5.41) is 7.27. The van der Waals surface area contributed by atoms with Crippen LogP contribution in [0.5, 0.6) is 0 Å². The van der Waals surface area contributed by atoms with Crippen molar-refractivity contribution < 1.29 is 0 Å². The van der Waals surface area contributed by atoms with Crippen molar-refractivity contribution in [2.24, 2.45) is 17.8 Å². The Morgan fingerprint density at radius 3 is 3.12 bits per heavy atom. The number of aliphatic imine (C=N–C) groups is 1. The average molecular weight is 221 g/mol. The maximum Gasteiger partial charge on any atom is 0.189 e. The van der Waals surface area contributed by atoms with Gasteiger partial charge in [-0.1, -0.05) is 13.0 Å². The second-order valence-electron chi connectivity index (χ2n) is 3.50. The number of nitrogens with one attached hydrogen (secondary N) is 1. The first-order chi connectivity index (χ1) is 7.67. The van der Waals surface area contributed by atoms with Crippen LogP contribution in [0.15, 0.2) is 23.8 Å². The SMILES string of the molecule is C=CCNC(N)=NCc1cn(C)nc1CC. The topological polar surface area (TPSA) is 68.2 Å². The van der Waals surface area contributed by atoms with Crippen LogP contribution in [0.4, 0.5) is 0 Å². The molecule has 0 spiro atoms. The zero-order valence-electron chi connectivity index (χ0n) is 9.90. The molecule has 1 aromatic heterocycles. The minimum atomic E-state index is 0.436. The van der Waals surface area contributed by atoms with Crippen molar-refractivity contribution >= 4 is 5.96 Å². The summed E-state index contributed by atoms with van der Waals surface area (Å²) >= 11 is 0. The molecule has 0 unspecified atom stereocenters. The van der Waals surface area contributed by atoms with E-state index in [0.29, 0.717) is 19.0 Å². The van der Waals surface area contributed by atoms with Crippen LogP contribution in [0.3, 0.4) is 0 Å². The summed E-state index contributed by atoms with van der Waals surface area (Å²) in [5.41, 5.74) is 7.86. The first-order valence-electron chi connectivity index (χ1n) is 5.33. The third-order valence-electron chi connectivity index (χ3n) is 2.17. The molecule has 0 bridgehead atoms. The molecule has 0 radical (unpaired) electrons. The van der Waals surface area contributed by atoms with Gasteiger partial charge in [-0.05, 0) is 6.42 Å². The lowest BCUT2D eigenvalue weighted by atomic mass is 10.2. The van der Waals surface area contributed by atoms with Gasteiger partial charge in [0.05, 0.1) is 12.2 Å². The van der Waals surface area contributed by atoms with E-state index in [1.54, 1.807) is 10.8 Å². The molecule has 5 nitrogen and oxygen atoms in total. The number of guanidine groups is 1. The molecule has 0 amide bonds. The predicted molar refractivity (Wildman–Crippen MR) is 66.1 cm³/mol. The highest BCUT2D eigenvalue weighted by Crippen LogP contribution is 2.08. The Balaban J connectivity index is 2.62. The number of aromatic nitrogens is 2. The first-order valence-corrected chi connectivity index (χ1v) is 5.33. The smallest absolute Gasteiger partial charge is 0.189 e. The maximum atomic E-state index is 5.67. The van der Waals surface area contributed by atoms with E-state index in [1.165, 1.54) is 0 Å². The Kier molecular flexibility index (Phi) is 4.57. The lowest BCUT2D eigenvalue weighted by molar-refractivity contribution is 0.746. The molecule has 1 aromatic rings. The molecule has 0 atom stereocenters. The van der Waals surface area contributed by atoms with Gasteiger partial charge in [-0.3, -0.25) is 4.68 Å². The van der Waals surface area contributed by atoms with Crippen LogP contribution in [-0.4, -0.2) is 22.3 Å². The largest absolute Gasteiger partial charge is 0.370 e. The molecule has 0 saturated carbocycles. The summed E-state index contributed by atoms with van der Waals surface area (Å²) in [6.07, 6.45) is 4.62. The zero-order chi connectivity index (χ0) is 12.0. The molecule has 3 N–H and O–H groups in total. The molecule has 88 valence electrons. The van der Waals surface area contributed by atoms with E-state index in [0.717, 1.165) is 17.7 Å². The van der Waals surface area contributed by atoms with Crippen LogP contribution in [-0.2, 0) is 20.0 Å². The molecule has 0 aliphatic carbocycles. The van der Waals surface area contributed by atoms with Crippen molar-refractivity contribution in [1.29, 1.82) is 0 Å². The lowest BCUT2D eigenvalue weighted by Crippen LogP contribution is -2.31. The molecule has 1 heterocycles. The Labute approximate surface area is 96.1 Å². The predicted octanol–water partition coefficient (Wildman–Crippen LogP) is 0.573. The van der Waals surface area contributed by atoms with Gasteiger partial charge in [-0.2, -0.15) is 5.10 Å². The average Bonchev–Trinajstić information content (AvgIpc) is 2.64. The number of nitrogens with zero attached hydrogens (tertiary/aromatic N) is 3. The fraction of sp³-hybridized carbons (Fsp3) is 0.455. The standard InChI is InChI=1S/C11H19N5/c1-4-6-13-11(12)14-7-9-8-16(3)15-10(9)5-2/h4,8H,1,5-7H2,2-3H3,(H3,12,13,14). The minimum Gasteiger partial charge on any atom is -0.370 e. The van der Waals surface area contributed by atoms with Crippen molar-refractivity contribution in [1.82, 2.24) is 15.1 Å². The van der Waals surface area contributed by atoms with Crippen molar-refractivity contribution in [3.05, 3.63) is 30.1 Å². The maximum absolute atomic E-state index is 5.67. The van der Waals surface area contributed by atoms with Gasteiger partial charge < -0.3 is 11.1 Å². The van der Waals surface area contributed by atoms with Gasteiger partial charge in [0.1, 0.15) is 0 Å². The summed E-state index contributed by atoms with van der Waals surface area (Å²) < 4.78 is 1.80. The monoisotopic (exact) mass is 221 g/mol. The highest BCUT2D eigenvalue weighted by Gasteiger charge is 2.04. The number of aryl methyl sites for hydroxylation is 2. The van der Waals surface area contributed by atoms with Crippen LogP contribution in [0.1, 0.15) is 18.2 Å². The Morgan fingerprint density at radius 1 is 1.75 bits per heavy atom. The van der Waals surface area contributed by atoms with Crippen molar-refractivity contribution in [3.63, 3.8) is 0 Å². The van der Waals surface area contributed by atoms with Crippen LogP contribution in [0.25, 0.3) is 0 Å². The van der Waals surface area contributed by atoms with Crippen molar-refractivity contribution in [2.45, 2.75) is 19.9 Å². The number of rotatable bonds is 5. The molecular formula is C11H19N5. The Bertz CT molecular complexity index is 378. The number of nitrogens with two attached hydrogens (primary N) is 1. The second kappa shape index (κ2) is 5.95. The molecule has 0 aliphatic heterocycles. The minimum absolute atomic E-state index is 0.436. The van der Waals surface area contributed by atoms with E-state index in [9.17, 15) is 0 Å². The molecule has 0 fully saturated rings. The molecule has 0 saturated heterocycles. The van der Waals surface area contributed by atoms with E-state index < -0.39 is 0 Å². The molecule has 0 aromatic carbocycles. The van der Waals surface area contributed by atoms with Gasteiger partial charge in [0, 0.05) is 25.4 Å². The van der Waals surface area contributed by atoms with Crippen LogP contribution in [0.2, 0.25) is 0 Å². The van der Waals surface area contributed by atoms with Crippen molar-refractivity contribution in [3.8, 4) is 0 Å². The lowest BCUT2D eigenvalue weighted by Gasteiger charge is -2.01. The normalized spacial score (nSPS) is 11.5. The van der Waals surface area contributed by atoms with E-state index in [2.05, 4.69) is 28.9 Å². The summed E-state index contributed by atoms with van der Waals surface area (Å²) in [4.78, 5) is 4.24. The van der Waals surface area contributed by atoms with Crippen LogP contribution in [0, 0.1) is 0 Å². The fourth-order valence-electron chi connectivity index (χ4n) is 1.42. The highest BCUT2D eigenvalue weighted by molar-refractivity contribution is 5.77. The summed E-state index contributed by atoms with van der Waals surface area (Å²) in [6.45, 7) is 6.86. The Hall–Kier alpha value is -1.78. The van der Waals surface area contributed by atoms with Gasteiger partial charge in [-0.25, -0.2) is 4.99 Å². The molecule has 16 heavy (non-hydrogen) atoms. The van der Waals surface area contributed by atoms with Gasteiger partial charge >= 0.3 is 0 Å². The van der Waals surface area contributed by atoms with E-state index in [-0.39, 0.29) is 0 Å². The van der Waals surface area contributed by atoms with Gasteiger partial charge in [-0.15, -0.1) is 6.58 Å². The molecule has 5 heteroatoms. The highest BCUT2D eigenvalue weighted by atomic mass is 15.3. The third-order valence-corrected chi connectivity index (χ3v) is 2.17. The number of hydrogen-bond donors (Lipinski definition) is 2. The second-order valence-corrected chi connectivity index (χ2v) is 3.50. The first kappa shape index (κ1) is 12.3. The Morgan fingerprint density at radius 2 is 2.50 bits per heavy atom. The van der Waals surface area contributed by atoms with Crippen LogP contribution < -0.4 is 11.1 Å².